The minimum atomic E-state index is -0.00926. The first kappa shape index (κ1) is 17.4. The third-order valence-electron chi connectivity index (χ3n) is 4.60. The molecule has 1 aliphatic heterocycles. The van der Waals surface area contributed by atoms with Crippen LogP contribution in [-0.2, 0) is 4.74 Å². The van der Waals surface area contributed by atoms with Gasteiger partial charge in [0.25, 0.3) is 5.91 Å². The lowest BCUT2D eigenvalue weighted by molar-refractivity contribution is 0.0303. The molecule has 0 radical (unpaired) electrons. The van der Waals surface area contributed by atoms with E-state index in [9.17, 15) is 9.59 Å². The van der Waals surface area contributed by atoms with Crippen molar-refractivity contribution in [3.63, 3.8) is 0 Å². The van der Waals surface area contributed by atoms with Crippen molar-refractivity contribution in [1.29, 1.82) is 0 Å². The van der Waals surface area contributed by atoms with Crippen LogP contribution >= 0.6 is 0 Å². The zero-order chi connectivity index (χ0) is 18.0. The van der Waals surface area contributed by atoms with Gasteiger partial charge >= 0.3 is 0 Å². The molecule has 4 heteroatoms. The van der Waals surface area contributed by atoms with E-state index < -0.39 is 0 Å². The summed E-state index contributed by atoms with van der Waals surface area (Å²) in [5.74, 6) is -0.00892. The maximum atomic E-state index is 12.9. The Morgan fingerprint density at radius 3 is 1.96 bits per heavy atom. The van der Waals surface area contributed by atoms with E-state index in [2.05, 4.69) is 0 Å². The van der Waals surface area contributed by atoms with E-state index in [1.165, 1.54) is 0 Å². The van der Waals surface area contributed by atoms with Gasteiger partial charge in [0, 0.05) is 29.8 Å². The second-order valence-corrected chi connectivity index (χ2v) is 6.58. The number of morpholine rings is 1. The van der Waals surface area contributed by atoms with Gasteiger partial charge in [-0.2, -0.15) is 0 Å². The van der Waals surface area contributed by atoms with Crippen LogP contribution in [0.25, 0.3) is 0 Å². The zero-order valence-corrected chi connectivity index (χ0v) is 15.0. The van der Waals surface area contributed by atoms with Gasteiger partial charge in [-0.3, -0.25) is 9.59 Å². The van der Waals surface area contributed by atoms with E-state index in [-0.39, 0.29) is 11.7 Å². The Labute approximate surface area is 148 Å². The van der Waals surface area contributed by atoms with Gasteiger partial charge in [0.05, 0.1) is 13.2 Å². The number of ether oxygens (including phenoxy) is 1. The van der Waals surface area contributed by atoms with E-state index in [4.69, 9.17) is 4.74 Å². The number of amides is 1. The van der Waals surface area contributed by atoms with Crippen LogP contribution in [0.1, 0.15) is 43.0 Å². The molecule has 0 aliphatic carbocycles. The molecule has 0 bridgehead atoms. The van der Waals surface area contributed by atoms with E-state index in [1.807, 2.05) is 32.9 Å². The number of hydrogen-bond donors (Lipinski definition) is 0. The molecule has 0 spiro atoms. The number of aryl methyl sites for hydroxylation is 3. The Bertz CT molecular complexity index is 779. The van der Waals surface area contributed by atoms with Crippen molar-refractivity contribution >= 4 is 11.7 Å². The molecule has 4 nitrogen and oxygen atoms in total. The summed E-state index contributed by atoms with van der Waals surface area (Å²) in [7, 11) is 0. The Morgan fingerprint density at radius 2 is 1.40 bits per heavy atom. The quantitative estimate of drug-likeness (QED) is 0.807. The van der Waals surface area contributed by atoms with Crippen LogP contribution in [-0.4, -0.2) is 42.9 Å². The number of carbonyl (C=O) groups excluding carboxylic acids is 2. The summed E-state index contributed by atoms with van der Waals surface area (Å²) in [6.07, 6.45) is 0. The molecule has 25 heavy (non-hydrogen) atoms. The Morgan fingerprint density at radius 1 is 0.880 bits per heavy atom. The smallest absolute Gasteiger partial charge is 0.254 e. The van der Waals surface area contributed by atoms with Gasteiger partial charge in [-0.05, 0) is 44.0 Å². The van der Waals surface area contributed by atoms with Gasteiger partial charge in [-0.1, -0.05) is 29.8 Å². The van der Waals surface area contributed by atoms with Crippen LogP contribution in [0.4, 0.5) is 0 Å². The summed E-state index contributed by atoms with van der Waals surface area (Å²) in [5.41, 5.74) is 5.08. The second kappa shape index (κ2) is 7.19. The molecule has 1 amide bonds. The van der Waals surface area contributed by atoms with Gasteiger partial charge in [0.15, 0.2) is 5.78 Å². The van der Waals surface area contributed by atoms with Crippen molar-refractivity contribution in [2.75, 3.05) is 26.3 Å². The molecule has 0 unspecified atom stereocenters. The maximum absolute atomic E-state index is 12.9. The highest BCUT2D eigenvalue weighted by atomic mass is 16.5. The van der Waals surface area contributed by atoms with Crippen LogP contribution in [0.5, 0.6) is 0 Å². The fourth-order valence-electron chi connectivity index (χ4n) is 3.40. The molecule has 2 aromatic carbocycles. The van der Waals surface area contributed by atoms with E-state index in [0.29, 0.717) is 37.4 Å². The first-order valence-electron chi connectivity index (χ1n) is 8.57. The Balaban J connectivity index is 1.83. The Kier molecular flexibility index (Phi) is 5.00. The molecule has 2 aromatic rings. The van der Waals surface area contributed by atoms with Crippen LogP contribution < -0.4 is 0 Å². The highest BCUT2D eigenvalue weighted by molar-refractivity contribution is 6.11. The van der Waals surface area contributed by atoms with Crippen molar-refractivity contribution < 1.29 is 14.3 Å². The average Bonchev–Trinajstić information content (AvgIpc) is 2.61. The molecule has 1 fully saturated rings. The number of benzene rings is 2. The molecule has 1 saturated heterocycles. The molecule has 3 rings (SSSR count). The predicted octanol–water partition coefficient (Wildman–Crippen LogP) is 3.32. The highest BCUT2D eigenvalue weighted by Gasteiger charge is 2.20. The SMILES string of the molecule is Cc1cc(C)c(C(=O)c2ccc(C(=O)N3CCOCC3)cc2)c(C)c1. The lowest BCUT2D eigenvalue weighted by Crippen LogP contribution is -2.40. The van der Waals surface area contributed by atoms with Crippen molar-refractivity contribution in [3.05, 3.63) is 69.8 Å². The number of nitrogens with zero attached hydrogens (tertiary/aromatic N) is 1. The summed E-state index contributed by atoms with van der Waals surface area (Å²) < 4.78 is 5.28. The van der Waals surface area contributed by atoms with Crippen LogP contribution in [0.3, 0.4) is 0 Å². The fourth-order valence-corrected chi connectivity index (χ4v) is 3.40. The molecular weight excluding hydrogens is 314 g/mol. The van der Waals surface area contributed by atoms with Crippen LogP contribution in [0.15, 0.2) is 36.4 Å². The van der Waals surface area contributed by atoms with Gasteiger partial charge in [-0.15, -0.1) is 0 Å². The number of ketones is 1. The average molecular weight is 337 g/mol. The van der Waals surface area contributed by atoms with Gasteiger partial charge < -0.3 is 9.64 Å². The topological polar surface area (TPSA) is 46.6 Å². The van der Waals surface area contributed by atoms with Crippen LogP contribution in [0, 0.1) is 20.8 Å². The van der Waals surface area contributed by atoms with Gasteiger partial charge in [0.1, 0.15) is 0 Å². The van der Waals surface area contributed by atoms with Gasteiger partial charge in [0.2, 0.25) is 0 Å². The number of rotatable bonds is 3. The fraction of sp³-hybridized carbons (Fsp3) is 0.333. The van der Waals surface area contributed by atoms with E-state index in [0.717, 1.165) is 22.3 Å². The Hall–Kier alpha value is -2.46. The number of carbonyl (C=O) groups is 2. The van der Waals surface area contributed by atoms with Crippen molar-refractivity contribution in [3.8, 4) is 0 Å². The summed E-state index contributed by atoms with van der Waals surface area (Å²) in [6, 6.07) is 11.0. The lowest BCUT2D eigenvalue weighted by atomic mass is 9.93. The molecule has 1 aliphatic rings. The van der Waals surface area contributed by atoms with Gasteiger partial charge in [-0.25, -0.2) is 0 Å². The minimum absolute atomic E-state index is 0.000344. The van der Waals surface area contributed by atoms with E-state index in [1.54, 1.807) is 29.2 Å². The van der Waals surface area contributed by atoms with Crippen molar-refractivity contribution in [2.45, 2.75) is 20.8 Å². The van der Waals surface area contributed by atoms with Crippen LogP contribution in [0.2, 0.25) is 0 Å². The highest BCUT2D eigenvalue weighted by Crippen LogP contribution is 2.21. The minimum Gasteiger partial charge on any atom is -0.378 e. The monoisotopic (exact) mass is 337 g/mol. The molecule has 0 atom stereocenters. The third kappa shape index (κ3) is 3.64. The molecule has 130 valence electrons. The molecule has 1 heterocycles. The largest absolute Gasteiger partial charge is 0.378 e. The van der Waals surface area contributed by atoms with Crippen molar-refractivity contribution in [2.24, 2.45) is 0 Å². The molecule has 0 saturated carbocycles. The third-order valence-corrected chi connectivity index (χ3v) is 4.60. The lowest BCUT2D eigenvalue weighted by Gasteiger charge is -2.26. The summed E-state index contributed by atoms with van der Waals surface area (Å²) in [6.45, 7) is 8.33. The number of hydrogen-bond acceptors (Lipinski definition) is 3. The molecular formula is C21H23NO3. The first-order valence-corrected chi connectivity index (χ1v) is 8.57. The zero-order valence-electron chi connectivity index (χ0n) is 15.0. The summed E-state index contributed by atoms with van der Waals surface area (Å²) >= 11 is 0. The predicted molar refractivity (Wildman–Crippen MR) is 97.3 cm³/mol. The first-order chi connectivity index (χ1) is 12.0. The standard InChI is InChI=1S/C21H23NO3/c1-14-12-15(2)19(16(3)13-14)20(23)17-4-6-18(7-5-17)21(24)22-8-10-25-11-9-22/h4-7,12-13H,8-11H2,1-3H3. The molecule has 0 N–H and O–H groups in total. The summed E-state index contributed by atoms with van der Waals surface area (Å²) in [4.78, 5) is 27.1. The van der Waals surface area contributed by atoms with Crippen molar-refractivity contribution in [1.82, 2.24) is 4.90 Å². The molecule has 0 aromatic heterocycles. The second-order valence-electron chi connectivity index (χ2n) is 6.58. The normalized spacial score (nSPS) is 14.4. The summed E-state index contributed by atoms with van der Waals surface area (Å²) in [5, 5.41) is 0. The maximum Gasteiger partial charge on any atom is 0.254 e. The van der Waals surface area contributed by atoms with E-state index >= 15 is 0 Å².